The van der Waals surface area contributed by atoms with Gasteiger partial charge >= 0.3 is 11.9 Å². The van der Waals surface area contributed by atoms with E-state index >= 15 is 0 Å². The van der Waals surface area contributed by atoms with Gasteiger partial charge in [0.05, 0.1) is 20.6 Å². The summed E-state index contributed by atoms with van der Waals surface area (Å²) >= 11 is 0. The molecule has 0 aliphatic rings. The summed E-state index contributed by atoms with van der Waals surface area (Å²) in [7, 11) is 2.63. The monoisotopic (exact) mass is 249 g/mol. The maximum atomic E-state index is 11.1. The standard InChI is InChI=1S/C13H15NO4/c1-17-12(15)6-4-10-7-9(3-5-11(10)14)8-13(16)18-2/h3-7H,8,14H2,1-2H3/b6-4+. The molecule has 0 fully saturated rings. The summed E-state index contributed by atoms with van der Waals surface area (Å²) in [6.45, 7) is 0. The quantitative estimate of drug-likeness (QED) is 0.492. The fraction of sp³-hybridized carbons (Fsp3) is 0.231. The third-order valence-corrected chi connectivity index (χ3v) is 2.33. The number of ether oxygens (including phenoxy) is 2. The minimum absolute atomic E-state index is 0.163. The number of hydrogen-bond donors (Lipinski definition) is 1. The van der Waals surface area contributed by atoms with Crippen LogP contribution >= 0.6 is 0 Å². The highest BCUT2D eigenvalue weighted by Gasteiger charge is 2.05. The number of nitrogen functional groups attached to an aromatic ring is 1. The lowest BCUT2D eigenvalue weighted by Gasteiger charge is -2.04. The van der Waals surface area contributed by atoms with Crippen LogP contribution < -0.4 is 5.73 Å². The SMILES string of the molecule is COC(=O)/C=C/c1cc(CC(=O)OC)ccc1N. The van der Waals surface area contributed by atoms with Crippen LogP contribution in [0.15, 0.2) is 24.3 Å². The van der Waals surface area contributed by atoms with E-state index in [0.29, 0.717) is 11.3 Å². The van der Waals surface area contributed by atoms with Gasteiger partial charge in [-0.05, 0) is 29.3 Å². The number of carbonyl (C=O) groups is 2. The zero-order valence-corrected chi connectivity index (χ0v) is 10.3. The number of methoxy groups -OCH3 is 2. The van der Waals surface area contributed by atoms with Crippen LogP contribution in [0.1, 0.15) is 11.1 Å². The van der Waals surface area contributed by atoms with Crippen LogP contribution in [0.4, 0.5) is 5.69 Å². The molecule has 0 heterocycles. The van der Waals surface area contributed by atoms with Gasteiger partial charge in [0.2, 0.25) is 0 Å². The summed E-state index contributed by atoms with van der Waals surface area (Å²) in [6, 6.07) is 5.14. The van der Waals surface area contributed by atoms with Crippen molar-refractivity contribution in [2.24, 2.45) is 0 Å². The van der Waals surface area contributed by atoms with Crippen molar-refractivity contribution in [3.05, 3.63) is 35.4 Å². The molecule has 1 aromatic rings. The summed E-state index contributed by atoms with van der Waals surface area (Å²) in [5.41, 5.74) is 7.70. The topological polar surface area (TPSA) is 78.6 Å². The Morgan fingerprint density at radius 1 is 1.28 bits per heavy atom. The molecule has 0 saturated carbocycles. The molecule has 18 heavy (non-hydrogen) atoms. The van der Waals surface area contributed by atoms with Crippen molar-refractivity contribution >= 4 is 23.7 Å². The van der Waals surface area contributed by atoms with Crippen LogP contribution in [0.3, 0.4) is 0 Å². The summed E-state index contributed by atoms with van der Waals surface area (Å²) in [5, 5.41) is 0. The van der Waals surface area contributed by atoms with E-state index in [-0.39, 0.29) is 12.4 Å². The first-order valence-corrected chi connectivity index (χ1v) is 5.28. The Hall–Kier alpha value is -2.30. The molecule has 0 spiro atoms. The average molecular weight is 249 g/mol. The van der Waals surface area contributed by atoms with E-state index < -0.39 is 5.97 Å². The fourth-order valence-corrected chi connectivity index (χ4v) is 1.34. The van der Waals surface area contributed by atoms with Crippen LogP contribution in [0.2, 0.25) is 0 Å². The maximum Gasteiger partial charge on any atom is 0.330 e. The second-order valence-electron chi connectivity index (χ2n) is 3.57. The van der Waals surface area contributed by atoms with Gasteiger partial charge in [0.15, 0.2) is 0 Å². The van der Waals surface area contributed by atoms with E-state index in [0.717, 1.165) is 5.56 Å². The molecule has 0 aromatic heterocycles. The Kier molecular flexibility index (Phi) is 4.92. The molecule has 2 N–H and O–H groups in total. The minimum atomic E-state index is -0.465. The first-order valence-electron chi connectivity index (χ1n) is 5.28. The lowest BCUT2D eigenvalue weighted by atomic mass is 10.1. The Balaban J connectivity index is 2.91. The van der Waals surface area contributed by atoms with Crippen molar-refractivity contribution in [1.29, 1.82) is 0 Å². The molecule has 1 rings (SSSR count). The second-order valence-corrected chi connectivity index (χ2v) is 3.57. The van der Waals surface area contributed by atoms with E-state index in [2.05, 4.69) is 9.47 Å². The highest BCUT2D eigenvalue weighted by atomic mass is 16.5. The number of esters is 2. The molecule has 0 saturated heterocycles. The van der Waals surface area contributed by atoms with Gasteiger partial charge < -0.3 is 15.2 Å². The van der Waals surface area contributed by atoms with E-state index in [1.807, 2.05) is 0 Å². The van der Waals surface area contributed by atoms with Crippen LogP contribution in [0.5, 0.6) is 0 Å². The Morgan fingerprint density at radius 3 is 2.61 bits per heavy atom. The maximum absolute atomic E-state index is 11.1. The summed E-state index contributed by atoms with van der Waals surface area (Å²) in [5.74, 6) is -0.796. The molecule has 0 atom stereocenters. The van der Waals surface area contributed by atoms with Gasteiger partial charge in [-0.2, -0.15) is 0 Å². The van der Waals surface area contributed by atoms with E-state index in [1.54, 1.807) is 24.3 Å². The van der Waals surface area contributed by atoms with Crippen molar-refractivity contribution < 1.29 is 19.1 Å². The van der Waals surface area contributed by atoms with E-state index in [1.165, 1.54) is 20.3 Å². The number of carbonyl (C=O) groups excluding carboxylic acids is 2. The van der Waals surface area contributed by atoms with Gasteiger partial charge in [-0.25, -0.2) is 4.79 Å². The molecular formula is C13H15NO4. The van der Waals surface area contributed by atoms with Gasteiger partial charge in [-0.3, -0.25) is 4.79 Å². The number of nitrogens with two attached hydrogens (primary N) is 1. The number of anilines is 1. The molecule has 5 heteroatoms. The van der Waals surface area contributed by atoms with Gasteiger partial charge in [-0.15, -0.1) is 0 Å². The van der Waals surface area contributed by atoms with Crippen LogP contribution in [-0.2, 0) is 25.5 Å². The smallest absolute Gasteiger partial charge is 0.330 e. The van der Waals surface area contributed by atoms with Crippen molar-refractivity contribution in [3.63, 3.8) is 0 Å². The molecule has 0 aliphatic heterocycles. The zero-order chi connectivity index (χ0) is 13.5. The first kappa shape index (κ1) is 13.8. The molecule has 1 aromatic carbocycles. The molecular weight excluding hydrogens is 234 g/mol. The van der Waals surface area contributed by atoms with Crippen molar-refractivity contribution in [2.75, 3.05) is 20.0 Å². The van der Waals surface area contributed by atoms with Crippen LogP contribution in [0.25, 0.3) is 6.08 Å². The van der Waals surface area contributed by atoms with Crippen molar-refractivity contribution in [2.45, 2.75) is 6.42 Å². The molecule has 96 valence electrons. The van der Waals surface area contributed by atoms with Gasteiger partial charge in [0.1, 0.15) is 0 Å². The summed E-state index contributed by atoms with van der Waals surface area (Å²) in [4.78, 5) is 22.1. The Bertz CT molecular complexity index is 480. The summed E-state index contributed by atoms with van der Waals surface area (Å²) in [6.07, 6.45) is 2.98. The van der Waals surface area contributed by atoms with E-state index in [4.69, 9.17) is 5.73 Å². The lowest BCUT2D eigenvalue weighted by molar-refractivity contribution is -0.139. The van der Waals surface area contributed by atoms with Gasteiger partial charge in [0.25, 0.3) is 0 Å². The van der Waals surface area contributed by atoms with Crippen LogP contribution in [-0.4, -0.2) is 26.2 Å². The lowest BCUT2D eigenvalue weighted by Crippen LogP contribution is -2.05. The van der Waals surface area contributed by atoms with Crippen molar-refractivity contribution in [3.8, 4) is 0 Å². The Labute approximate surface area is 105 Å². The summed E-state index contributed by atoms with van der Waals surface area (Å²) < 4.78 is 9.06. The van der Waals surface area contributed by atoms with Crippen molar-refractivity contribution in [1.82, 2.24) is 0 Å². The number of rotatable bonds is 4. The number of benzene rings is 1. The van der Waals surface area contributed by atoms with Gasteiger partial charge in [0, 0.05) is 11.8 Å². The number of hydrogen-bond acceptors (Lipinski definition) is 5. The first-order chi connectivity index (χ1) is 8.56. The largest absolute Gasteiger partial charge is 0.469 e. The predicted octanol–water partition coefficient (Wildman–Crippen LogP) is 1.17. The average Bonchev–Trinajstić information content (AvgIpc) is 2.38. The second kappa shape index (κ2) is 6.44. The molecule has 0 radical (unpaired) electrons. The highest BCUT2D eigenvalue weighted by Crippen LogP contribution is 2.16. The minimum Gasteiger partial charge on any atom is -0.469 e. The van der Waals surface area contributed by atoms with Gasteiger partial charge in [-0.1, -0.05) is 6.07 Å². The van der Waals surface area contributed by atoms with E-state index in [9.17, 15) is 9.59 Å². The van der Waals surface area contributed by atoms with Crippen LogP contribution in [0, 0.1) is 0 Å². The third kappa shape index (κ3) is 3.93. The molecule has 5 nitrogen and oxygen atoms in total. The molecule has 0 bridgehead atoms. The Morgan fingerprint density at radius 2 is 2.00 bits per heavy atom. The molecule has 0 unspecified atom stereocenters. The highest BCUT2D eigenvalue weighted by molar-refractivity contribution is 5.88. The fourth-order valence-electron chi connectivity index (χ4n) is 1.34. The molecule has 0 aliphatic carbocycles. The zero-order valence-electron chi connectivity index (χ0n) is 10.3. The normalized spacial score (nSPS) is 10.3. The predicted molar refractivity (Wildman–Crippen MR) is 67.6 cm³/mol. The third-order valence-electron chi connectivity index (χ3n) is 2.33. The molecule has 0 amide bonds.